The number of anilines is 2. The number of nitrogens with zero attached hydrogens (tertiary/aromatic N) is 3. The van der Waals surface area contributed by atoms with Crippen LogP contribution in [0.1, 0.15) is 49.9 Å². The number of aromatic nitrogens is 1. The fourth-order valence-corrected chi connectivity index (χ4v) is 2.95. The summed E-state index contributed by atoms with van der Waals surface area (Å²) in [5.74, 6) is 0.627. The number of piperazine rings is 1. The smallest absolute Gasteiger partial charge is 0.255 e. The van der Waals surface area contributed by atoms with Crippen LogP contribution in [0.15, 0.2) is 12.3 Å². The molecule has 0 aromatic carbocycles. The molecule has 0 saturated carbocycles. The first-order valence-electron chi connectivity index (χ1n) is 9.57. The largest absolute Gasteiger partial charge is 0.352 e. The molecule has 0 aliphatic carbocycles. The molecule has 7 heteroatoms. The molecule has 1 aliphatic heterocycles. The van der Waals surface area contributed by atoms with Gasteiger partial charge >= 0.3 is 0 Å². The van der Waals surface area contributed by atoms with Crippen molar-refractivity contribution in [1.29, 1.82) is 0 Å². The number of nitrogens with one attached hydrogen (secondary N) is 2. The van der Waals surface area contributed by atoms with E-state index in [4.69, 9.17) is 0 Å². The second-order valence-corrected chi connectivity index (χ2v) is 6.71. The van der Waals surface area contributed by atoms with Gasteiger partial charge in [-0.1, -0.05) is 20.3 Å². The molecular weight excluding hydrogens is 330 g/mol. The normalized spacial score (nSPS) is 14.2. The van der Waals surface area contributed by atoms with Crippen molar-refractivity contribution in [3.05, 3.63) is 17.8 Å². The van der Waals surface area contributed by atoms with Crippen molar-refractivity contribution in [3.63, 3.8) is 0 Å². The van der Waals surface area contributed by atoms with Crippen LogP contribution >= 0.6 is 0 Å². The Morgan fingerprint density at radius 3 is 2.65 bits per heavy atom. The highest BCUT2D eigenvalue weighted by atomic mass is 16.2. The van der Waals surface area contributed by atoms with Crippen LogP contribution in [-0.4, -0.2) is 61.5 Å². The van der Waals surface area contributed by atoms with Crippen molar-refractivity contribution in [2.75, 3.05) is 50.0 Å². The standard InChI is InChI=1S/C19H31N5O2/c1-4-6-10-23(3)19(26)15-13-16(22-17(25)7-5-2)18(21-14-15)24-11-8-20-9-12-24/h13-14,20H,4-12H2,1-3H3,(H,22,25). The van der Waals surface area contributed by atoms with Gasteiger partial charge in [0.15, 0.2) is 5.82 Å². The van der Waals surface area contributed by atoms with Crippen LogP contribution in [0.4, 0.5) is 11.5 Å². The Bertz CT molecular complexity index is 614. The molecule has 1 saturated heterocycles. The average molecular weight is 361 g/mol. The molecule has 1 aliphatic rings. The highest BCUT2D eigenvalue weighted by Gasteiger charge is 2.20. The molecule has 2 heterocycles. The van der Waals surface area contributed by atoms with Crippen LogP contribution in [0, 0.1) is 0 Å². The number of carbonyl (C=O) groups is 2. The zero-order valence-electron chi connectivity index (χ0n) is 16.2. The minimum Gasteiger partial charge on any atom is -0.352 e. The zero-order valence-corrected chi connectivity index (χ0v) is 16.2. The van der Waals surface area contributed by atoms with E-state index in [0.29, 0.717) is 24.2 Å². The summed E-state index contributed by atoms with van der Waals surface area (Å²) in [6.07, 6.45) is 4.86. The maximum Gasteiger partial charge on any atom is 0.255 e. The van der Waals surface area contributed by atoms with Crippen LogP contribution in [0.3, 0.4) is 0 Å². The summed E-state index contributed by atoms with van der Waals surface area (Å²) in [5, 5.41) is 6.26. The van der Waals surface area contributed by atoms with Crippen LogP contribution in [0.5, 0.6) is 0 Å². The molecular formula is C19H31N5O2. The summed E-state index contributed by atoms with van der Waals surface area (Å²) >= 11 is 0. The molecule has 2 N–H and O–H groups in total. The third kappa shape index (κ3) is 5.42. The second kappa shape index (κ2) is 10.1. The summed E-state index contributed by atoms with van der Waals surface area (Å²) < 4.78 is 0. The number of amides is 2. The van der Waals surface area contributed by atoms with E-state index in [0.717, 1.165) is 51.3 Å². The number of unbranched alkanes of at least 4 members (excludes halogenated alkanes) is 1. The molecule has 1 aromatic heterocycles. The Balaban J connectivity index is 2.25. The predicted octanol–water partition coefficient (Wildman–Crippen LogP) is 2.10. The SMILES string of the molecule is CCCCN(C)C(=O)c1cnc(N2CCNCC2)c(NC(=O)CCC)c1. The van der Waals surface area contributed by atoms with Gasteiger partial charge in [0.1, 0.15) is 0 Å². The van der Waals surface area contributed by atoms with E-state index < -0.39 is 0 Å². The van der Waals surface area contributed by atoms with E-state index in [9.17, 15) is 9.59 Å². The van der Waals surface area contributed by atoms with E-state index >= 15 is 0 Å². The van der Waals surface area contributed by atoms with Crippen molar-refractivity contribution in [2.45, 2.75) is 39.5 Å². The Hall–Kier alpha value is -2.15. The number of rotatable bonds is 8. The minimum atomic E-state index is -0.0659. The van der Waals surface area contributed by atoms with Gasteiger partial charge in [0.25, 0.3) is 5.91 Å². The summed E-state index contributed by atoms with van der Waals surface area (Å²) in [5.41, 5.74) is 1.13. The van der Waals surface area contributed by atoms with Crippen LogP contribution in [0.25, 0.3) is 0 Å². The Kier molecular flexibility index (Phi) is 7.84. The molecule has 0 bridgehead atoms. The molecule has 2 amide bonds. The summed E-state index contributed by atoms with van der Waals surface area (Å²) in [6, 6.07) is 1.77. The maximum absolute atomic E-state index is 12.7. The van der Waals surface area contributed by atoms with Gasteiger partial charge in [-0.3, -0.25) is 9.59 Å². The predicted molar refractivity (Wildman–Crippen MR) is 105 cm³/mol. The highest BCUT2D eigenvalue weighted by Crippen LogP contribution is 2.25. The van der Waals surface area contributed by atoms with Gasteiger partial charge < -0.3 is 20.4 Å². The van der Waals surface area contributed by atoms with E-state index in [2.05, 4.69) is 27.4 Å². The lowest BCUT2D eigenvalue weighted by atomic mass is 10.2. The molecule has 26 heavy (non-hydrogen) atoms. The fourth-order valence-electron chi connectivity index (χ4n) is 2.95. The maximum atomic E-state index is 12.7. The molecule has 0 unspecified atom stereocenters. The second-order valence-electron chi connectivity index (χ2n) is 6.71. The van der Waals surface area contributed by atoms with Crippen molar-refractivity contribution in [2.24, 2.45) is 0 Å². The quantitative estimate of drug-likeness (QED) is 0.741. The molecule has 144 valence electrons. The van der Waals surface area contributed by atoms with Gasteiger partial charge in [-0.15, -0.1) is 0 Å². The average Bonchev–Trinajstić information content (AvgIpc) is 2.66. The lowest BCUT2D eigenvalue weighted by Gasteiger charge is -2.30. The number of pyridine rings is 1. The molecule has 0 radical (unpaired) electrons. The number of carbonyl (C=O) groups excluding carboxylic acids is 2. The highest BCUT2D eigenvalue weighted by molar-refractivity contribution is 5.98. The third-order valence-electron chi connectivity index (χ3n) is 4.48. The van der Waals surface area contributed by atoms with Crippen molar-refractivity contribution in [1.82, 2.24) is 15.2 Å². The van der Waals surface area contributed by atoms with Crippen LogP contribution in [-0.2, 0) is 4.79 Å². The third-order valence-corrected chi connectivity index (χ3v) is 4.48. The summed E-state index contributed by atoms with van der Waals surface area (Å²) in [7, 11) is 1.80. The number of hydrogen-bond donors (Lipinski definition) is 2. The lowest BCUT2D eigenvalue weighted by Crippen LogP contribution is -2.44. The first-order valence-corrected chi connectivity index (χ1v) is 9.57. The van der Waals surface area contributed by atoms with Gasteiger partial charge in [-0.05, 0) is 18.9 Å². The van der Waals surface area contributed by atoms with Crippen molar-refractivity contribution in [3.8, 4) is 0 Å². The first kappa shape index (κ1) is 20.2. The van der Waals surface area contributed by atoms with Crippen LogP contribution < -0.4 is 15.5 Å². The zero-order chi connectivity index (χ0) is 18.9. The van der Waals surface area contributed by atoms with Gasteiger partial charge in [-0.25, -0.2) is 4.98 Å². The van der Waals surface area contributed by atoms with Gasteiger partial charge in [-0.2, -0.15) is 0 Å². The van der Waals surface area contributed by atoms with Gasteiger partial charge in [0.05, 0.1) is 11.3 Å². The monoisotopic (exact) mass is 361 g/mol. The van der Waals surface area contributed by atoms with Gasteiger partial charge in [0.2, 0.25) is 5.91 Å². The molecule has 0 spiro atoms. The Labute approximate surface area is 156 Å². The molecule has 1 aromatic rings. The van der Waals surface area contributed by atoms with Crippen LogP contribution in [0.2, 0.25) is 0 Å². The Morgan fingerprint density at radius 2 is 2.00 bits per heavy atom. The molecule has 1 fully saturated rings. The molecule has 0 atom stereocenters. The van der Waals surface area contributed by atoms with E-state index in [1.165, 1.54) is 0 Å². The molecule has 7 nitrogen and oxygen atoms in total. The number of hydrogen-bond acceptors (Lipinski definition) is 5. The summed E-state index contributed by atoms with van der Waals surface area (Å²) in [6.45, 7) is 8.20. The summed E-state index contributed by atoms with van der Waals surface area (Å²) in [4.78, 5) is 33.2. The topological polar surface area (TPSA) is 77.6 Å². The first-order chi connectivity index (χ1) is 12.6. The van der Waals surface area contributed by atoms with E-state index in [1.54, 1.807) is 24.2 Å². The van der Waals surface area contributed by atoms with E-state index in [1.807, 2.05) is 6.92 Å². The molecule has 2 rings (SSSR count). The lowest BCUT2D eigenvalue weighted by molar-refractivity contribution is -0.116. The van der Waals surface area contributed by atoms with Crippen molar-refractivity contribution >= 4 is 23.3 Å². The fraction of sp³-hybridized carbons (Fsp3) is 0.632. The van der Waals surface area contributed by atoms with Crippen molar-refractivity contribution < 1.29 is 9.59 Å². The van der Waals surface area contributed by atoms with Gasteiger partial charge in [0, 0.05) is 52.4 Å². The minimum absolute atomic E-state index is 0.0466. The Morgan fingerprint density at radius 1 is 1.27 bits per heavy atom. The van der Waals surface area contributed by atoms with E-state index in [-0.39, 0.29) is 11.8 Å².